The molecule has 0 saturated carbocycles. The van der Waals surface area contributed by atoms with Crippen molar-refractivity contribution in [1.82, 2.24) is 10.2 Å². The van der Waals surface area contributed by atoms with Crippen LogP contribution in [-0.4, -0.2) is 35.9 Å². The molecule has 3 aromatic rings. The summed E-state index contributed by atoms with van der Waals surface area (Å²) in [4.78, 5) is 28.4. The summed E-state index contributed by atoms with van der Waals surface area (Å²) >= 11 is 0. The Labute approximate surface area is 202 Å². The molecular weight excluding hydrogens is 424 g/mol. The van der Waals surface area contributed by atoms with E-state index in [2.05, 4.69) is 5.32 Å². The molecule has 1 atom stereocenters. The van der Waals surface area contributed by atoms with E-state index >= 15 is 0 Å². The van der Waals surface area contributed by atoms with Crippen LogP contribution in [0.3, 0.4) is 0 Å². The fourth-order valence-electron chi connectivity index (χ4n) is 3.84. The summed E-state index contributed by atoms with van der Waals surface area (Å²) in [6, 6.07) is 23.0. The van der Waals surface area contributed by atoms with Gasteiger partial charge in [-0.25, -0.2) is 0 Å². The summed E-state index contributed by atoms with van der Waals surface area (Å²) in [6.45, 7) is 8.58. The molecule has 0 aliphatic rings. The minimum Gasteiger partial charge on any atom is -0.483 e. The lowest BCUT2D eigenvalue weighted by atomic mass is 10.0. The van der Waals surface area contributed by atoms with E-state index in [1.54, 1.807) is 4.90 Å². The Hall–Kier alpha value is -3.60. The monoisotopic (exact) mass is 458 g/mol. The van der Waals surface area contributed by atoms with Gasteiger partial charge in [0.05, 0.1) is 0 Å². The van der Waals surface area contributed by atoms with Gasteiger partial charge in [-0.2, -0.15) is 0 Å². The van der Waals surface area contributed by atoms with Crippen LogP contribution in [0.15, 0.2) is 72.8 Å². The maximum absolute atomic E-state index is 13.5. The van der Waals surface area contributed by atoms with E-state index in [1.807, 2.05) is 100 Å². The Balaban J connectivity index is 1.90. The second-order valence-electron chi connectivity index (χ2n) is 8.59. The molecular formula is C29H34N2O3. The number of likely N-dealkylation sites (N-methyl/N-ethyl adjacent to an activating group) is 1. The van der Waals surface area contributed by atoms with Gasteiger partial charge >= 0.3 is 0 Å². The van der Waals surface area contributed by atoms with Crippen molar-refractivity contribution < 1.29 is 14.3 Å². The van der Waals surface area contributed by atoms with Gasteiger partial charge in [0.25, 0.3) is 5.91 Å². The zero-order valence-corrected chi connectivity index (χ0v) is 20.5. The van der Waals surface area contributed by atoms with Crippen molar-refractivity contribution in [3.63, 3.8) is 0 Å². The van der Waals surface area contributed by atoms with Crippen molar-refractivity contribution in [2.24, 2.45) is 0 Å². The number of hydrogen-bond donors (Lipinski definition) is 1. The van der Waals surface area contributed by atoms with Crippen LogP contribution in [0.4, 0.5) is 0 Å². The van der Waals surface area contributed by atoms with Crippen molar-refractivity contribution >= 4 is 11.8 Å². The molecule has 0 aliphatic carbocycles. The molecule has 178 valence electrons. The summed E-state index contributed by atoms with van der Waals surface area (Å²) in [5.74, 6) is 0.286. The molecule has 2 amide bonds. The molecule has 0 saturated heterocycles. The Morgan fingerprint density at radius 3 is 2.26 bits per heavy atom. The Kier molecular flexibility index (Phi) is 8.86. The summed E-state index contributed by atoms with van der Waals surface area (Å²) in [5.41, 5.74) is 5.21. The van der Waals surface area contributed by atoms with E-state index < -0.39 is 6.04 Å². The van der Waals surface area contributed by atoms with E-state index in [-0.39, 0.29) is 18.4 Å². The molecule has 0 aliphatic heterocycles. The molecule has 0 fully saturated rings. The van der Waals surface area contributed by atoms with Gasteiger partial charge in [0.1, 0.15) is 11.8 Å². The van der Waals surface area contributed by atoms with Gasteiger partial charge in [-0.1, -0.05) is 72.3 Å². The van der Waals surface area contributed by atoms with Crippen molar-refractivity contribution in [3.8, 4) is 5.75 Å². The van der Waals surface area contributed by atoms with E-state index in [4.69, 9.17) is 4.74 Å². The van der Waals surface area contributed by atoms with E-state index in [0.29, 0.717) is 25.3 Å². The highest BCUT2D eigenvalue weighted by Crippen LogP contribution is 2.21. The third-order valence-corrected chi connectivity index (χ3v) is 6.00. The van der Waals surface area contributed by atoms with Crippen LogP contribution in [-0.2, 0) is 22.6 Å². The molecule has 3 aromatic carbocycles. The van der Waals surface area contributed by atoms with Crippen molar-refractivity contribution in [3.05, 3.63) is 101 Å². The first-order valence-electron chi connectivity index (χ1n) is 11.7. The Bertz CT molecular complexity index is 1090. The third-order valence-electron chi connectivity index (χ3n) is 6.00. The second-order valence-corrected chi connectivity index (χ2v) is 8.59. The lowest BCUT2D eigenvalue weighted by Crippen LogP contribution is -2.51. The predicted molar refractivity (Wildman–Crippen MR) is 136 cm³/mol. The average Bonchev–Trinajstić information content (AvgIpc) is 2.84. The summed E-state index contributed by atoms with van der Waals surface area (Å²) < 4.78 is 5.93. The molecule has 0 radical (unpaired) electrons. The first kappa shape index (κ1) is 25.0. The second kappa shape index (κ2) is 12.0. The highest BCUT2D eigenvalue weighted by atomic mass is 16.5. The quantitative estimate of drug-likeness (QED) is 0.476. The third kappa shape index (κ3) is 6.70. The lowest BCUT2D eigenvalue weighted by molar-refractivity contribution is -0.142. The maximum atomic E-state index is 13.5. The molecule has 0 spiro atoms. The van der Waals surface area contributed by atoms with Crippen molar-refractivity contribution in [2.45, 2.75) is 46.7 Å². The van der Waals surface area contributed by atoms with Crippen LogP contribution in [0.25, 0.3) is 0 Å². The minimum atomic E-state index is -0.654. The number of nitrogens with one attached hydrogen (secondary N) is 1. The van der Waals surface area contributed by atoms with Crippen molar-refractivity contribution in [1.29, 1.82) is 0 Å². The van der Waals surface area contributed by atoms with E-state index in [1.165, 1.54) is 0 Å². The Morgan fingerprint density at radius 2 is 1.59 bits per heavy atom. The minimum absolute atomic E-state index is 0.138. The lowest BCUT2D eigenvalue weighted by Gasteiger charge is -2.31. The van der Waals surface area contributed by atoms with Gasteiger partial charge in [-0.15, -0.1) is 0 Å². The van der Waals surface area contributed by atoms with Gasteiger partial charge in [-0.05, 0) is 56.0 Å². The van der Waals surface area contributed by atoms with Crippen molar-refractivity contribution in [2.75, 3.05) is 13.2 Å². The first-order valence-corrected chi connectivity index (χ1v) is 11.7. The molecule has 1 N–H and O–H groups in total. The largest absolute Gasteiger partial charge is 0.483 e. The van der Waals surface area contributed by atoms with E-state index in [9.17, 15) is 9.59 Å². The highest BCUT2D eigenvalue weighted by Gasteiger charge is 2.30. The number of rotatable bonds is 10. The number of hydrogen-bond acceptors (Lipinski definition) is 3. The number of carbonyl (C=O) groups is 2. The zero-order chi connectivity index (χ0) is 24.5. The van der Waals surface area contributed by atoms with Crippen LogP contribution < -0.4 is 10.1 Å². The molecule has 5 heteroatoms. The normalized spacial score (nSPS) is 11.5. The van der Waals surface area contributed by atoms with Crippen LogP contribution in [0.1, 0.15) is 34.7 Å². The number of carbonyl (C=O) groups excluding carboxylic acids is 2. The molecule has 0 unspecified atom stereocenters. The summed E-state index contributed by atoms with van der Waals surface area (Å²) in [5, 5.41) is 2.91. The van der Waals surface area contributed by atoms with Gasteiger partial charge in [-0.3, -0.25) is 9.59 Å². The number of nitrogens with zero attached hydrogens (tertiary/aromatic N) is 1. The van der Waals surface area contributed by atoms with Gasteiger partial charge < -0.3 is 15.0 Å². The molecule has 3 rings (SSSR count). The molecule has 34 heavy (non-hydrogen) atoms. The highest BCUT2D eigenvalue weighted by molar-refractivity contribution is 5.88. The Morgan fingerprint density at radius 1 is 0.882 bits per heavy atom. The molecule has 0 bridgehead atoms. The fourth-order valence-corrected chi connectivity index (χ4v) is 3.84. The number of aryl methyl sites for hydroxylation is 2. The summed E-state index contributed by atoms with van der Waals surface area (Å²) in [7, 11) is 0. The number of amides is 2. The zero-order valence-electron chi connectivity index (χ0n) is 20.5. The molecule has 0 aromatic heterocycles. The maximum Gasteiger partial charge on any atom is 0.261 e. The molecule has 0 heterocycles. The fraction of sp³-hybridized carbons (Fsp3) is 0.310. The van der Waals surface area contributed by atoms with Crippen LogP contribution in [0.2, 0.25) is 0 Å². The topological polar surface area (TPSA) is 58.6 Å². The van der Waals surface area contributed by atoms with Crippen LogP contribution in [0, 0.1) is 20.8 Å². The summed E-state index contributed by atoms with van der Waals surface area (Å²) in [6.07, 6.45) is 0.424. The SMILES string of the molecule is CCNC(=O)[C@H](Cc1ccccc1)N(Cc1ccc(C)cc1)C(=O)COc1cccc(C)c1C. The van der Waals surface area contributed by atoms with Gasteiger partial charge in [0, 0.05) is 19.5 Å². The number of ether oxygens (including phenoxy) is 1. The first-order chi connectivity index (χ1) is 16.4. The molecule has 5 nitrogen and oxygen atoms in total. The smallest absolute Gasteiger partial charge is 0.261 e. The van der Waals surface area contributed by atoms with E-state index in [0.717, 1.165) is 27.8 Å². The predicted octanol–water partition coefficient (Wildman–Crippen LogP) is 4.77. The van der Waals surface area contributed by atoms with Gasteiger partial charge in [0.15, 0.2) is 6.61 Å². The number of benzene rings is 3. The average molecular weight is 459 g/mol. The standard InChI is InChI=1S/C29H34N2O3/c1-5-30-29(33)26(18-24-11-7-6-8-12-24)31(19-25-16-14-21(2)15-17-25)28(32)20-34-27-13-9-10-22(3)23(27)4/h6-17,26H,5,18-20H2,1-4H3,(H,30,33)/t26-/m0/s1. The van der Waals surface area contributed by atoms with Crippen LogP contribution in [0.5, 0.6) is 5.75 Å². The van der Waals surface area contributed by atoms with Gasteiger partial charge in [0.2, 0.25) is 5.91 Å². The van der Waals surface area contributed by atoms with Crippen LogP contribution >= 0.6 is 0 Å².